The van der Waals surface area contributed by atoms with Crippen molar-refractivity contribution >= 4 is 22.9 Å². The first kappa shape index (κ1) is 23.5. The van der Waals surface area contributed by atoms with E-state index in [0.29, 0.717) is 23.1 Å². The third-order valence-corrected chi connectivity index (χ3v) is 7.08. The van der Waals surface area contributed by atoms with Crippen LogP contribution in [0.5, 0.6) is 0 Å². The number of anilines is 1. The quantitative estimate of drug-likeness (QED) is 0.462. The number of aromatic nitrogens is 4. The lowest BCUT2D eigenvalue weighted by Crippen LogP contribution is -2.33. The molecule has 1 amide bonds. The highest BCUT2D eigenvalue weighted by Crippen LogP contribution is 2.31. The number of aryl methyl sites for hydroxylation is 2. The van der Waals surface area contributed by atoms with Crippen molar-refractivity contribution in [3.05, 3.63) is 51.9 Å². The van der Waals surface area contributed by atoms with Crippen LogP contribution in [0.2, 0.25) is 0 Å². The molecule has 9 heteroatoms. The molecule has 8 nitrogen and oxygen atoms in total. The summed E-state index contributed by atoms with van der Waals surface area (Å²) in [4.78, 5) is 24.6. The molecule has 0 aliphatic carbocycles. The number of carbonyl (C=O) groups is 1. The highest BCUT2D eigenvalue weighted by atomic mass is 32.1. The van der Waals surface area contributed by atoms with Crippen molar-refractivity contribution in [2.24, 2.45) is 0 Å². The van der Waals surface area contributed by atoms with E-state index in [1.807, 2.05) is 31.4 Å². The Labute approximate surface area is 198 Å². The fraction of sp³-hybridized carbons (Fsp3) is 0.500. The summed E-state index contributed by atoms with van der Waals surface area (Å²) in [6.45, 7) is 7.41. The molecule has 1 aliphatic rings. The number of hydrogen-bond acceptors (Lipinski definition) is 7. The van der Waals surface area contributed by atoms with Gasteiger partial charge >= 0.3 is 0 Å². The summed E-state index contributed by atoms with van der Waals surface area (Å²) in [5.74, 6) is 0.779. The Hall–Kier alpha value is -2.62. The molecular formula is C24H32N6O2S. The van der Waals surface area contributed by atoms with Gasteiger partial charge in [0.15, 0.2) is 5.82 Å². The summed E-state index contributed by atoms with van der Waals surface area (Å²) in [6.07, 6.45) is 6.95. The normalized spacial score (nSPS) is 15.1. The zero-order chi connectivity index (χ0) is 23.2. The molecule has 0 atom stereocenters. The molecule has 0 unspecified atom stereocenters. The van der Waals surface area contributed by atoms with E-state index in [1.54, 1.807) is 28.3 Å². The second-order valence-corrected chi connectivity index (χ2v) is 9.53. The molecule has 0 saturated carbocycles. The van der Waals surface area contributed by atoms with Crippen LogP contribution in [0, 0.1) is 13.8 Å². The van der Waals surface area contributed by atoms with E-state index in [4.69, 9.17) is 5.11 Å². The van der Waals surface area contributed by atoms with Crippen LogP contribution in [0.1, 0.15) is 64.9 Å². The minimum Gasteiger partial charge on any atom is -0.396 e. The molecule has 3 aromatic heterocycles. The van der Waals surface area contributed by atoms with Gasteiger partial charge in [-0.1, -0.05) is 0 Å². The monoisotopic (exact) mass is 468 g/mol. The minimum atomic E-state index is -0.227. The van der Waals surface area contributed by atoms with Crippen molar-refractivity contribution in [2.45, 2.75) is 51.9 Å². The second-order valence-electron chi connectivity index (χ2n) is 8.64. The van der Waals surface area contributed by atoms with E-state index in [-0.39, 0.29) is 12.5 Å². The third-order valence-electron chi connectivity index (χ3n) is 6.07. The molecule has 0 bridgehead atoms. The van der Waals surface area contributed by atoms with Gasteiger partial charge in [-0.15, -0.1) is 11.3 Å². The number of aliphatic hydroxyl groups excluding tert-OH is 1. The maximum absolute atomic E-state index is 13.0. The number of carbonyl (C=O) groups excluding carboxylic acids is 1. The number of pyridine rings is 1. The molecule has 1 fully saturated rings. The smallest absolute Gasteiger partial charge is 0.275 e. The van der Waals surface area contributed by atoms with Gasteiger partial charge in [-0.2, -0.15) is 5.10 Å². The van der Waals surface area contributed by atoms with Gasteiger partial charge in [0.05, 0.1) is 16.4 Å². The summed E-state index contributed by atoms with van der Waals surface area (Å²) in [6, 6.07) is 5.61. The maximum atomic E-state index is 13.0. The minimum absolute atomic E-state index is 0.227. The number of nitrogens with one attached hydrogen (secondary N) is 1. The van der Waals surface area contributed by atoms with Gasteiger partial charge in [-0.3, -0.25) is 4.79 Å². The molecular weight excluding hydrogens is 436 g/mol. The van der Waals surface area contributed by atoms with Gasteiger partial charge in [0, 0.05) is 29.8 Å². The average Bonchev–Trinajstić information content (AvgIpc) is 3.44. The highest BCUT2D eigenvalue weighted by Gasteiger charge is 2.24. The first-order valence-electron chi connectivity index (χ1n) is 11.6. The Bertz CT molecular complexity index is 1070. The topological polar surface area (TPSA) is 96.2 Å². The van der Waals surface area contributed by atoms with Crippen molar-refractivity contribution in [3.8, 4) is 5.82 Å². The van der Waals surface area contributed by atoms with Crippen LogP contribution in [-0.4, -0.2) is 61.9 Å². The largest absolute Gasteiger partial charge is 0.396 e. The van der Waals surface area contributed by atoms with E-state index in [2.05, 4.69) is 25.3 Å². The van der Waals surface area contributed by atoms with Crippen LogP contribution in [0.3, 0.4) is 0 Å². The number of amides is 1. The SMILES string of the molecule is Cc1cc(C)n(-c2ncccc2NC(=O)c2csc(C3CCN(CCCCCO)CC3)n2)n1. The number of aliphatic hydroxyl groups is 1. The van der Waals surface area contributed by atoms with E-state index in [1.165, 1.54) is 0 Å². The number of thiazole rings is 1. The van der Waals surface area contributed by atoms with Crippen LogP contribution in [0.4, 0.5) is 5.69 Å². The summed E-state index contributed by atoms with van der Waals surface area (Å²) in [7, 11) is 0. The zero-order valence-electron chi connectivity index (χ0n) is 19.3. The molecule has 0 radical (unpaired) electrons. The Morgan fingerprint density at radius 1 is 1.24 bits per heavy atom. The molecule has 3 aromatic rings. The number of rotatable bonds is 9. The van der Waals surface area contributed by atoms with Crippen LogP contribution in [0.25, 0.3) is 5.82 Å². The van der Waals surface area contributed by atoms with Crippen molar-refractivity contribution in [2.75, 3.05) is 31.6 Å². The van der Waals surface area contributed by atoms with Crippen LogP contribution < -0.4 is 5.32 Å². The predicted molar refractivity (Wildman–Crippen MR) is 130 cm³/mol. The molecule has 2 N–H and O–H groups in total. The molecule has 1 saturated heterocycles. The molecule has 1 aliphatic heterocycles. The van der Waals surface area contributed by atoms with E-state index >= 15 is 0 Å². The van der Waals surface area contributed by atoms with Crippen molar-refractivity contribution < 1.29 is 9.90 Å². The number of hydrogen-bond donors (Lipinski definition) is 2. The first-order valence-corrected chi connectivity index (χ1v) is 12.5. The number of unbranched alkanes of at least 4 members (excludes halogenated alkanes) is 2. The lowest BCUT2D eigenvalue weighted by atomic mass is 9.97. The summed E-state index contributed by atoms with van der Waals surface area (Å²) < 4.78 is 1.75. The maximum Gasteiger partial charge on any atom is 0.275 e. The fourth-order valence-corrected chi connectivity index (χ4v) is 5.27. The molecule has 0 aromatic carbocycles. The third kappa shape index (κ3) is 5.85. The van der Waals surface area contributed by atoms with Crippen molar-refractivity contribution in [3.63, 3.8) is 0 Å². The van der Waals surface area contributed by atoms with E-state index < -0.39 is 0 Å². The molecule has 33 heavy (non-hydrogen) atoms. The zero-order valence-corrected chi connectivity index (χ0v) is 20.1. The fourth-order valence-electron chi connectivity index (χ4n) is 4.30. The van der Waals surface area contributed by atoms with Gasteiger partial charge in [0.1, 0.15) is 5.69 Å². The molecule has 4 heterocycles. The highest BCUT2D eigenvalue weighted by molar-refractivity contribution is 7.10. The standard InChI is InChI=1S/C24H32N6O2S/c1-17-15-18(2)30(28-17)22-20(7-6-10-25-22)26-23(32)21-16-33-24(27-21)19-8-12-29(13-9-19)11-4-3-5-14-31/h6-7,10,15-16,19,31H,3-5,8-9,11-14H2,1-2H3,(H,26,32). The van der Waals surface area contributed by atoms with Crippen molar-refractivity contribution in [1.29, 1.82) is 0 Å². The molecule has 4 rings (SSSR count). The van der Waals surface area contributed by atoms with Crippen molar-refractivity contribution in [1.82, 2.24) is 24.6 Å². The lowest BCUT2D eigenvalue weighted by molar-refractivity contribution is 0.102. The Balaban J connectivity index is 1.36. The van der Waals surface area contributed by atoms with Crippen LogP contribution in [-0.2, 0) is 0 Å². The Morgan fingerprint density at radius 3 is 2.79 bits per heavy atom. The predicted octanol–water partition coefficient (Wildman–Crippen LogP) is 3.93. The average molecular weight is 469 g/mol. The number of piperidine rings is 1. The Morgan fingerprint density at radius 2 is 2.06 bits per heavy atom. The number of nitrogens with zero attached hydrogens (tertiary/aromatic N) is 5. The van der Waals surface area contributed by atoms with Crippen LogP contribution in [0.15, 0.2) is 29.8 Å². The van der Waals surface area contributed by atoms with Gasteiger partial charge in [0.25, 0.3) is 5.91 Å². The van der Waals surface area contributed by atoms with E-state index in [0.717, 1.165) is 68.1 Å². The second kappa shape index (κ2) is 11.0. The van der Waals surface area contributed by atoms with Gasteiger partial charge in [-0.05, 0) is 83.8 Å². The lowest BCUT2D eigenvalue weighted by Gasteiger charge is -2.31. The number of likely N-dealkylation sites (tertiary alicyclic amines) is 1. The first-order chi connectivity index (χ1) is 16.0. The van der Waals surface area contributed by atoms with Gasteiger partial charge in [-0.25, -0.2) is 14.6 Å². The van der Waals surface area contributed by atoms with Gasteiger partial charge < -0.3 is 15.3 Å². The Kier molecular flexibility index (Phi) is 7.85. The summed E-state index contributed by atoms with van der Waals surface area (Å²) >= 11 is 1.58. The molecule has 0 spiro atoms. The van der Waals surface area contributed by atoms with E-state index in [9.17, 15) is 4.79 Å². The van der Waals surface area contributed by atoms with Crippen LogP contribution >= 0.6 is 11.3 Å². The van der Waals surface area contributed by atoms with Gasteiger partial charge in [0.2, 0.25) is 0 Å². The summed E-state index contributed by atoms with van der Waals surface area (Å²) in [5.41, 5.74) is 2.91. The summed E-state index contributed by atoms with van der Waals surface area (Å²) in [5, 5.41) is 19.3. The molecule has 176 valence electrons.